The summed E-state index contributed by atoms with van der Waals surface area (Å²) in [6.07, 6.45) is 2.37. The normalized spacial score (nSPS) is 20.2. The summed E-state index contributed by atoms with van der Waals surface area (Å²) in [5.41, 5.74) is -0.915. The Hall–Kier alpha value is -1.06. The second-order valence-electron chi connectivity index (χ2n) is 6.26. The lowest BCUT2D eigenvalue weighted by atomic mass is 9.76. The van der Waals surface area contributed by atoms with Crippen molar-refractivity contribution in [3.8, 4) is 0 Å². The summed E-state index contributed by atoms with van der Waals surface area (Å²) >= 11 is 0. The summed E-state index contributed by atoms with van der Waals surface area (Å²) in [5, 5.41) is 11.8. The molecule has 1 amide bonds. The minimum Gasteiger partial charge on any atom is -0.480 e. The number of nitrogens with one attached hydrogen (secondary N) is 1. The molecular formula is C13H23NO3. The summed E-state index contributed by atoms with van der Waals surface area (Å²) < 4.78 is 0. The first kappa shape index (κ1) is 14.0. The molecule has 4 heteroatoms. The number of carboxylic acid groups (broad SMARTS) is 1. The van der Waals surface area contributed by atoms with E-state index in [1.54, 1.807) is 0 Å². The largest absolute Gasteiger partial charge is 0.480 e. The fourth-order valence-corrected chi connectivity index (χ4v) is 1.82. The van der Waals surface area contributed by atoms with E-state index in [4.69, 9.17) is 5.11 Å². The van der Waals surface area contributed by atoms with E-state index < -0.39 is 11.5 Å². The van der Waals surface area contributed by atoms with E-state index in [-0.39, 0.29) is 17.2 Å². The molecule has 1 unspecified atom stereocenters. The van der Waals surface area contributed by atoms with Crippen molar-refractivity contribution in [2.45, 2.75) is 58.9 Å². The van der Waals surface area contributed by atoms with Crippen LogP contribution >= 0.6 is 0 Å². The third kappa shape index (κ3) is 3.20. The molecule has 2 N–H and O–H groups in total. The van der Waals surface area contributed by atoms with Crippen LogP contribution in [-0.4, -0.2) is 22.5 Å². The van der Waals surface area contributed by atoms with E-state index in [2.05, 4.69) is 26.1 Å². The van der Waals surface area contributed by atoms with E-state index in [1.165, 1.54) is 0 Å². The van der Waals surface area contributed by atoms with Gasteiger partial charge in [0.25, 0.3) is 0 Å². The fraction of sp³-hybridized carbons (Fsp3) is 0.846. The minimum absolute atomic E-state index is 0.0628. The van der Waals surface area contributed by atoms with E-state index in [0.717, 1.165) is 6.42 Å². The second-order valence-corrected chi connectivity index (χ2v) is 6.26. The lowest BCUT2D eigenvalue weighted by Gasteiger charge is -2.39. The van der Waals surface area contributed by atoms with Gasteiger partial charge in [-0.1, -0.05) is 27.7 Å². The molecular weight excluding hydrogens is 218 g/mol. The van der Waals surface area contributed by atoms with Gasteiger partial charge >= 0.3 is 5.97 Å². The van der Waals surface area contributed by atoms with Gasteiger partial charge in [0.05, 0.1) is 0 Å². The zero-order valence-electron chi connectivity index (χ0n) is 11.2. The van der Waals surface area contributed by atoms with Crippen molar-refractivity contribution in [3.05, 3.63) is 0 Å². The highest BCUT2D eigenvalue weighted by molar-refractivity contribution is 5.87. The van der Waals surface area contributed by atoms with Crippen molar-refractivity contribution >= 4 is 11.9 Å². The molecule has 0 radical (unpaired) electrons. The maximum Gasteiger partial charge on any atom is 0.329 e. The molecule has 0 aromatic carbocycles. The molecule has 0 saturated heterocycles. The van der Waals surface area contributed by atoms with Crippen molar-refractivity contribution in [1.29, 1.82) is 0 Å². The molecule has 0 bridgehead atoms. The third-order valence-corrected chi connectivity index (χ3v) is 3.97. The topological polar surface area (TPSA) is 66.4 Å². The van der Waals surface area contributed by atoms with Crippen molar-refractivity contribution in [1.82, 2.24) is 5.32 Å². The summed E-state index contributed by atoms with van der Waals surface area (Å²) in [7, 11) is 0. The molecule has 1 aliphatic rings. The summed E-state index contributed by atoms with van der Waals surface area (Å²) in [6.45, 7) is 8.28. The Morgan fingerprint density at radius 3 is 2.18 bits per heavy atom. The van der Waals surface area contributed by atoms with Gasteiger partial charge in [-0.15, -0.1) is 0 Å². The average Bonchev–Trinajstić information content (AvgIpc) is 2.08. The number of carbonyl (C=O) groups excluding carboxylic acids is 1. The number of hydrogen-bond acceptors (Lipinski definition) is 2. The average molecular weight is 241 g/mol. The van der Waals surface area contributed by atoms with Gasteiger partial charge in [0.1, 0.15) is 5.54 Å². The van der Waals surface area contributed by atoms with Crippen LogP contribution in [0.25, 0.3) is 0 Å². The number of rotatable bonds is 4. The van der Waals surface area contributed by atoms with Crippen molar-refractivity contribution in [2.75, 3.05) is 0 Å². The molecule has 1 rings (SSSR count). The Kier molecular flexibility index (Phi) is 3.84. The monoisotopic (exact) mass is 241 g/mol. The van der Waals surface area contributed by atoms with Gasteiger partial charge in [0.2, 0.25) is 5.91 Å². The van der Waals surface area contributed by atoms with Crippen LogP contribution in [0.1, 0.15) is 53.4 Å². The molecule has 1 aliphatic carbocycles. The molecule has 98 valence electrons. The van der Waals surface area contributed by atoms with Crippen molar-refractivity contribution < 1.29 is 14.7 Å². The Bertz CT molecular complexity index is 313. The smallest absolute Gasteiger partial charge is 0.329 e. The maximum atomic E-state index is 11.8. The van der Waals surface area contributed by atoms with Crippen LogP contribution in [0, 0.1) is 11.3 Å². The molecule has 1 fully saturated rings. The van der Waals surface area contributed by atoms with Crippen LogP contribution in [0.3, 0.4) is 0 Å². The highest BCUT2D eigenvalue weighted by atomic mass is 16.4. The molecule has 4 nitrogen and oxygen atoms in total. The number of amides is 1. The van der Waals surface area contributed by atoms with Gasteiger partial charge in [0.15, 0.2) is 0 Å². The molecule has 0 aliphatic heterocycles. The summed E-state index contributed by atoms with van der Waals surface area (Å²) in [4.78, 5) is 22.9. The van der Waals surface area contributed by atoms with E-state index >= 15 is 0 Å². The molecule has 0 aromatic rings. The highest BCUT2D eigenvalue weighted by Crippen LogP contribution is 2.33. The summed E-state index contributed by atoms with van der Waals surface area (Å²) in [6, 6.07) is 0. The van der Waals surface area contributed by atoms with Crippen LogP contribution in [0.15, 0.2) is 0 Å². The number of carbonyl (C=O) groups is 2. The van der Waals surface area contributed by atoms with E-state index in [9.17, 15) is 9.59 Å². The fourth-order valence-electron chi connectivity index (χ4n) is 1.82. The Labute approximate surface area is 103 Å². The lowest BCUT2D eigenvalue weighted by Crippen LogP contribution is -2.59. The zero-order valence-corrected chi connectivity index (χ0v) is 11.2. The Balaban J connectivity index is 2.53. The molecule has 17 heavy (non-hydrogen) atoms. The van der Waals surface area contributed by atoms with E-state index in [0.29, 0.717) is 19.3 Å². The second kappa shape index (κ2) is 4.67. The highest BCUT2D eigenvalue weighted by Gasteiger charge is 2.45. The van der Waals surface area contributed by atoms with Crippen molar-refractivity contribution in [2.24, 2.45) is 11.3 Å². The van der Waals surface area contributed by atoms with Crippen LogP contribution in [0.2, 0.25) is 0 Å². The predicted octanol–water partition coefficient (Wildman–Crippen LogP) is 2.18. The Morgan fingerprint density at radius 2 is 1.88 bits per heavy atom. The third-order valence-electron chi connectivity index (χ3n) is 3.97. The maximum absolute atomic E-state index is 11.8. The first-order valence-electron chi connectivity index (χ1n) is 6.22. The van der Waals surface area contributed by atoms with Gasteiger partial charge in [-0.2, -0.15) is 0 Å². The molecule has 0 heterocycles. The van der Waals surface area contributed by atoms with Crippen LogP contribution < -0.4 is 5.32 Å². The standard InChI is InChI=1S/C13H23NO3/c1-9(12(2,3)4)8-10(15)14-13(11(16)17)6-5-7-13/h9H,5-8H2,1-4H3,(H,14,15)(H,16,17). The molecule has 1 saturated carbocycles. The van der Waals surface area contributed by atoms with Gasteiger partial charge < -0.3 is 10.4 Å². The van der Waals surface area contributed by atoms with Crippen LogP contribution in [-0.2, 0) is 9.59 Å². The first-order chi connectivity index (χ1) is 7.67. The van der Waals surface area contributed by atoms with Crippen molar-refractivity contribution in [3.63, 3.8) is 0 Å². The summed E-state index contributed by atoms with van der Waals surface area (Å²) in [5.74, 6) is -0.816. The van der Waals surface area contributed by atoms with Gasteiger partial charge in [-0.05, 0) is 30.6 Å². The SMILES string of the molecule is CC(CC(=O)NC1(C(=O)O)CCC1)C(C)(C)C. The molecule has 1 atom stereocenters. The molecule has 0 spiro atoms. The van der Waals surface area contributed by atoms with Gasteiger partial charge in [-0.3, -0.25) is 4.79 Å². The first-order valence-corrected chi connectivity index (χ1v) is 6.22. The number of carboxylic acids is 1. The quantitative estimate of drug-likeness (QED) is 0.792. The van der Waals surface area contributed by atoms with Gasteiger partial charge in [-0.25, -0.2) is 4.79 Å². The number of aliphatic carboxylic acids is 1. The lowest BCUT2D eigenvalue weighted by molar-refractivity contribution is -0.152. The van der Waals surface area contributed by atoms with Gasteiger partial charge in [0, 0.05) is 6.42 Å². The molecule has 0 aromatic heterocycles. The Morgan fingerprint density at radius 1 is 1.35 bits per heavy atom. The van der Waals surface area contributed by atoms with Crippen LogP contribution in [0.5, 0.6) is 0 Å². The predicted molar refractivity (Wildman–Crippen MR) is 65.6 cm³/mol. The number of hydrogen-bond donors (Lipinski definition) is 2. The zero-order chi connectivity index (χ0) is 13.3. The minimum atomic E-state index is -0.977. The van der Waals surface area contributed by atoms with Crippen LogP contribution in [0.4, 0.5) is 0 Å². The van der Waals surface area contributed by atoms with E-state index in [1.807, 2.05) is 6.92 Å².